The molecule has 0 aromatic heterocycles. The van der Waals surface area contributed by atoms with E-state index in [4.69, 9.17) is 4.74 Å². The Bertz CT molecular complexity index is 575. The van der Waals surface area contributed by atoms with Crippen LogP contribution in [0.15, 0.2) is 40.6 Å². The smallest absolute Gasteiger partial charge is 0.331 e. The van der Waals surface area contributed by atoms with E-state index in [0.29, 0.717) is 0 Å². The fourth-order valence-electron chi connectivity index (χ4n) is 1.29. The zero-order valence-electron chi connectivity index (χ0n) is 11.5. The van der Waals surface area contributed by atoms with Gasteiger partial charge in [-0.05, 0) is 39.8 Å². The minimum atomic E-state index is -3.61. The van der Waals surface area contributed by atoms with Gasteiger partial charge in [0.25, 0.3) is 0 Å². The van der Waals surface area contributed by atoms with Gasteiger partial charge in [-0.1, -0.05) is 17.7 Å². The summed E-state index contributed by atoms with van der Waals surface area (Å²) >= 11 is 0. The van der Waals surface area contributed by atoms with Crippen LogP contribution in [0.2, 0.25) is 0 Å². The van der Waals surface area contributed by atoms with Crippen LogP contribution in [0.4, 0.5) is 0 Å². The van der Waals surface area contributed by atoms with Crippen molar-refractivity contribution in [3.8, 4) is 0 Å². The van der Waals surface area contributed by atoms with Gasteiger partial charge in [-0.25, -0.2) is 13.2 Å². The molecule has 4 nitrogen and oxygen atoms in total. The number of ether oxygens (including phenoxy) is 1. The molecule has 0 heterocycles. The topological polar surface area (TPSA) is 60.4 Å². The monoisotopic (exact) mass is 282 g/mol. The van der Waals surface area contributed by atoms with Crippen molar-refractivity contribution >= 4 is 15.8 Å². The van der Waals surface area contributed by atoms with E-state index in [9.17, 15) is 13.2 Å². The normalized spacial score (nSPS) is 12.6. The molecule has 1 aromatic carbocycles. The van der Waals surface area contributed by atoms with Crippen LogP contribution in [-0.4, -0.2) is 20.0 Å². The predicted octanol–water partition coefficient (Wildman–Crippen LogP) is 2.62. The molecule has 5 heteroatoms. The van der Waals surface area contributed by atoms with E-state index in [1.807, 2.05) is 6.92 Å². The Hall–Kier alpha value is -1.62. The van der Waals surface area contributed by atoms with Crippen molar-refractivity contribution < 1.29 is 17.9 Å². The van der Waals surface area contributed by atoms with Crippen molar-refractivity contribution in [3.63, 3.8) is 0 Å². The second-order valence-corrected chi connectivity index (χ2v) is 7.03. The standard InChI is InChI=1S/C14H18O4S/c1-11-5-7-12(8-6-11)19(16,17)10-9-13(15)18-14(2,3)4/h5-10H,1-4H3/b10-9+. The van der Waals surface area contributed by atoms with Gasteiger partial charge in [0.1, 0.15) is 5.60 Å². The quantitative estimate of drug-likeness (QED) is 0.631. The molecule has 0 fully saturated rings. The third-order valence-corrected chi connectivity index (χ3v) is 3.56. The van der Waals surface area contributed by atoms with Gasteiger partial charge in [0.2, 0.25) is 0 Å². The summed E-state index contributed by atoms with van der Waals surface area (Å²) in [6.45, 7) is 7.01. The Morgan fingerprint density at radius 3 is 2.16 bits per heavy atom. The highest BCUT2D eigenvalue weighted by Crippen LogP contribution is 2.14. The molecule has 1 aromatic rings. The molecule has 0 saturated heterocycles. The molecule has 0 aliphatic carbocycles. The maximum absolute atomic E-state index is 11.9. The van der Waals surface area contributed by atoms with Gasteiger partial charge in [0.15, 0.2) is 9.84 Å². The number of hydrogen-bond donors (Lipinski definition) is 0. The number of carbonyl (C=O) groups excluding carboxylic acids is 1. The average Bonchev–Trinajstić information content (AvgIpc) is 2.25. The zero-order valence-corrected chi connectivity index (χ0v) is 12.3. The molecular weight excluding hydrogens is 264 g/mol. The molecule has 0 radical (unpaired) electrons. The SMILES string of the molecule is Cc1ccc(S(=O)(=O)/C=C/C(=O)OC(C)(C)C)cc1. The van der Waals surface area contributed by atoms with Gasteiger partial charge in [0.05, 0.1) is 4.90 Å². The summed E-state index contributed by atoms with van der Waals surface area (Å²) in [5, 5.41) is 0.867. The summed E-state index contributed by atoms with van der Waals surface area (Å²) in [6, 6.07) is 6.41. The van der Waals surface area contributed by atoms with Gasteiger partial charge in [0, 0.05) is 11.5 Å². The van der Waals surface area contributed by atoms with Gasteiger partial charge >= 0.3 is 5.97 Å². The Morgan fingerprint density at radius 2 is 1.68 bits per heavy atom. The van der Waals surface area contributed by atoms with E-state index in [2.05, 4.69) is 0 Å². The summed E-state index contributed by atoms with van der Waals surface area (Å²) in [5.41, 5.74) is 0.324. The molecule has 0 unspecified atom stereocenters. The zero-order chi connectivity index (χ0) is 14.7. The molecule has 0 saturated carbocycles. The van der Waals surface area contributed by atoms with Crippen LogP contribution in [0.25, 0.3) is 0 Å². The molecule has 0 N–H and O–H groups in total. The highest BCUT2D eigenvalue weighted by Gasteiger charge is 2.16. The van der Waals surface area contributed by atoms with Crippen molar-refractivity contribution in [1.29, 1.82) is 0 Å². The van der Waals surface area contributed by atoms with E-state index in [1.165, 1.54) is 12.1 Å². The number of rotatable bonds is 3. The van der Waals surface area contributed by atoms with Crippen molar-refractivity contribution in [2.45, 2.75) is 38.2 Å². The Balaban J connectivity index is 2.86. The van der Waals surface area contributed by atoms with Crippen LogP contribution >= 0.6 is 0 Å². The molecule has 0 aliphatic heterocycles. The average molecular weight is 282 g/mol. The Kier molecular flexibility index (Phi) is 4.52. The molecule has 0 bridgehead atoms. The first-order chi connectivity index (χ1) is 8.60. The van der Waals surface area contributed by atoms with Gasteiger partial charge in [-0.3, -0.25) is 0 Å². The van der Waals surface area contributed by atoms with E-state index >= 15 is 0 Å². The van der Waals surface area contributed by atoms with Crippen LogP contribution in [-0.2, 0) is 19.4 Å². The van der Waals surface area contributed by atoms with Crippen molar-refractivity contribution in [3.05, 3.63) is 41.3 Å². The first-order valence-corrected chi connectivity index (χ1v) is 7.38. The number of sulfone groups is 1. The molecule has 0 atom stereocenters. The first kappa shape index (κ1) is 15.4. The van der Waals surface area contributed by atoms with E-state index in [0.717, 1.165) is 17.0 Å². The lowest BCUT2D eigenvalue weighted by atomic mass is 10.2. The van der Waals surface area contributed by atoms with Crippen LogP contribution in [0.3, 0.4) is 0 Å². The lowest BCUT2D eigenvalue weighted by molar-refractivity contribution is -0.148. The Labute approximate surface area is 114 Å². The highest BCUT2D eigenvalue weighted by molar-refractivity contribution is 7.94. The summed E-state index contributed by atoms with van der Waals surface area (Å²) in [7, 11) is -3.61. The van der Waals surface area contributed by atoms with Crippen LogP contribution in [0.5, 0.6) is 0 Å². The second-order valence-electron chi connectivity index (χ2n) is 5.19. The van der Waals surface area contributed by atoms with Gasteiger partial charge < -0.3 is 4.74 Å². The minimum absolute atomic E-state index is 0.151. The molecule has 0 amide bonds. The van der Waals surface area contributed by atoms with Crippen LogP contribution in [0.1, 0.15) is 26.3 Å². The maximum Gasteiger partial charge on any atom is 0.331 e. The molecule has 104 valence electrons. The molecule has 0 aliphatic rings. The third-order valence-electron chi connectivity index (χ3n) is 2.14. The van der Waals surface area contributed by atoms with Crippen LogP contribution in [0, 0.1) is 6.92 Å². The number of carbonyl (C=O) groups is 1. The predicted molar refractivity (Wildman–Crippen MR) is 73.3 cm³/mol. The molecule has 0 spiro atoms. The number of benzene rings is 1. The maximum atomic E-state index is 11.9. The van der Waals surface area contributed by atoms with Gasteiger partial charge in [-0.15, -0.1) is 0 Å². The molecule has 1 rings (SSSR count). The number of esters is 1. The minimum Gasteiger partial charge on any atom is -0.457 e. The fourth-order valence-corrected chi connectivity index (χ4v) is 2.25. The summed E-state index contributed by atoms with van der Waals surface area (Å²) < 4.78 is 28.8. The summed E-state index contributed by atoms with van der Waals surface area (Å²) in [5.74, 6) is -0.678. The Morgan fingerprint density at radius 1 is 1.16 bits per heavy atom. The lowest BCUT2D eigenvalue weighted by Gasteiger charge is -2.17. The van der Waals surface area contributed by atoms with E-state index in [-0.39, 0.29) is 4.90 Å². The molecular formula is C14H18O4S. The van der Waals surface area contributed by atoms with Crippen molar-refractivity contribution in [2.24, 2.45) is 0 Å². The lowest BCUT2D eigenvalue weighted by Crippen LogP contribution is -2.22. The van der Waals surface area contributed by atoms with Crippen LogP contribution < -0.4 is 0 Å². The van der Waals surface area contributed by atoms with E-state index < -0.39 is 21.4 Å². The largest absolute Gasteiger partial charge is 0.457 e. The summed E-state index contributed by atoms with van der Waals surface area (Å²) in [6.07, 6.45) is 0.931. The number of aryl methyl sites for hydroxylation is 1. The van der Waals surface area contributed by atoms with Crippen molar-refractivity contribution in [2.75, 3.05) is 0 Å². The number of hydrogen-bond acceptors (Lipinski definition) is 4. The van der Waals surface area contributed by atoms with Gasteiger partial charge in [-0.2, -0.15) is 0 Å². The van der Waals surface area contributed by atoms with E-state index in [1.54, 1.807) is 32.9 Å². The first-order valence-electron chi connectivity index (χ1n) is 5.83. The second kappa shape index (κ2) is 5.57. The highest BCUT2D eigenvalue weighted by atomic mass is 32.2. The van der Waals surface area contributed by atoms with Crippen molar-refractivity contribution in [1.82, 2.24) is 0 Å². The summed E-state index contributed by atoms with van der Waals surface area (Å²) in [4.78, 5) is 11.6. The third kappa shape index (κ3) is 5.26. The fraction of sp³-hybridized carbons (Fsp3) is 0.357. The molecule has 19 heavy (non-hydrogen) atoms.